The molecule has 2 aliphatic heterocycles. The number of aromatic amines is 2. The molecule has 6 heterocycles. The SMILES string of the molecule is C=Cc1cc2nc(C=C)c(/C=C/c3ccc4c(/C=C/c5nc6[nH]c(C=C)cc6nc5C=C)ncc-4cn3)nc2[nH]1. The van der Waals surface area contributed by atoms with Crippen LogP contribution in [0.15, 0.2) is 63.0 Å². The van der Waals surface area contributed by atoms with E-state index in [1.807, 2.05) is 48.6 Å². The van der Waals surface area contributed by atoms with E-state index in [1.54, 1.807) is 36.7 Å². The van der Waals surface area contributed by atoms with Crippen molar-refractivity contribution in [2.24, 2.45) is 0 Å². The summed E-state index contributed by atoms with van der Waals surface area (Å²) in [4.78, 5) is 34.3. The predicted octanol–water partition coefficient (Wildman–Crippen LogP) is 7.04. The Kier molecular flexibility index (Phi) is 6.26. The van der Waals surface area contributed by atoms with E-state index < -0.39 is 0 Å². The van der Waals surface area contributed by atoms with Crippen molar-refractivity contribution >= 4 is 70.9 Å². The lowest BCUT2D eigenvalue weighted by atomic mass is 10.1. The van der Waals surface area contributed by atoms with Crippen molar-refractivity contribution < 1.29 is 0 Å². The standard InChI is InChI=1S/C32H24N8/c1-5-20-15-29-31(35-20)39-27(24(7-3)37-29)12-10-22-9-11-23-19(17-33-22)18-34-26(23)13-14-28-25(8-4)38-30-16-21(6-2)36-32(30)40-28/h5-18H,1-4H2,(H,35,39)(H,36,40)/b12-10+,14-13+. The van der Waals surface area contributed by atoms with Crippen LogP contribution in [0, 0.1) is 0 Å². The van der Waals surface area contributed by atoms with Gasteiger partial charge in [-0.15, -0.1) is 0 Å². The molecule has 40 heavy (non-hydrogen) atoms. The molecule has 0 aromatic carbocycles. The monoisotopic (exact) mass is 520 g/mol. The zero-order valence-electron chi connectivity index (χ0n) is 21.6. The zero-order chi connectivity index (χ0) is 27.6. The van der Waals surface area contributed by atoms with Crippen LogP contribution in [0.4, 0.5) is 0 Å². The van der Waals surface area contributed by atoms with Crippen LogP contribution in [-0.4, -0.2) is 39.9 Å². The van der Waals surface area contributed by atoms with Crippen LogP contribution in [0.5, 0.6) is 0 Å². The van der Waals surface area contributed by atoms with Crippen molar-refractivity contribution in [1.29, 1.82) is 0 Å². The summed E-state index contributed by atoms with van der Waals surface area (Å²) in [5, 5.41) is 0. The third-order valence-corrected chi connectivity index (χ3v) is 6.41. The van der Waals surface area contributed by atoms with Crippen molar-refractivity contribution in [3.63, 3.8) is 0 Å². The van der Waals surface area contributed by atoms with Crippen LogP contribution >= 0.6 is 0 Å². The van der Waals surface area contributed by atoms with Gasteiger partial charge in [0.1, 0.15) is 11.0 Å². The van der Waals surface area contributed by atoms with Gasteiger partial charge < -0.3 is 9.97 Å². The number of rotatable bonds is 8. The van der Waals surface area contributed by atoms with E-state index >= 15 is 0 Å². The van der Waals surface area contributed by atoms with Crippen molar-refractivity contribution in [2.75, 3.05) is 0 Å². The molecule has 0 amide bonds. The highest BCUT2D eigenvalue weighted by atomic mass is 14.9. The highest BCUT2D eigenvalue weighted by Gasteiger charge is 2.11. The molecule has 4 aromatic heterocycles. The summed E-state index contributed by atoms with van der Waals surface area (Å²) in [6.45, 7) is 15.4. The molecule has 4 aromatic rings. The lowest BCUT2D eigenvalue weighted by Gasteiger charge is -2.00. The molecule has 0 saturated carbocycles. The van der Waals surface area contributed by atoms with E-state index in [9.17, 15) is 0 Å². The van der Waals surface area contributed by atoms with Crippen LogP contribution in [0.25, 0.3) is 82.1 Å². The highest BCUT2D eigenvalue weighted by Crippen LogP contribution is 2.27. The minimum Gasteiger partial charge on any atom is -0.338 e. The van der Waals surface area contributed by atoms with Crippen LogP contribution in [0.1, 0.15) is 45.6 Å². The summed E-state index contributed by atoms with van der Waals surface area (Å²) in [5.41, 5.74) is 10.8. The van der Waals surface area contributed by atoms with E-state index in [0.29, 0.717) is 34.1 Å². The number of hydrogen-bond acceptors (Lipinski definition) is 6. The first kappa shape index (κ1) is 24.6. The van der Waals surface area contributed by atoms with Gasteiger partial charge in [0, 0.05) is 34.9 Å². The molecule has 192 valence electrons. The summed E-state index contributed by atoms with van der Waals surface area (Å²) in [5.74, 6) is 0. The van der Waals surface area contributed by atoms with Gasteiger partial charge in [0.05, 0.1) is 34.2 Å². The first-order valence-corrected chi connectivity index (χ1v) is 12.5. The van der Waals surface area contributed by atoms with Crippen LogP contribution in [-0.2, 0) is 0 Å². The van der Waals surface area contributed by atoms with Gasteiger partial charge in [-0.2, -0.15) is 0 Å². The van der Waals surface area contributed by atoms with E-state index in [0.717, 1.165) is 44.9 Å². The van der Waals surface area contributed by atoms with E-state index in [1.165, 1.54) is 0 Å². The maximum Gasteiger partial charge on any atom is 0.157 e. The first-order chi connectivity index (χ1) is 19.6. The quantitative estimate of drug-likeness (QED) is 0.223. The third-order valence-electron chi connectivity index (χ3n) is 6.41. The largest absolute Gasteiger partial charge is 0.338 e. The molecule has 0 saturated heterocycles. The maximum absolute atomic E-state index is 4.71. The number of hydrogen-bond donors (Lipinski definition) is 2. The molecule has 8 nitrogen and oxygen atoms in total. The summed E-state index contributed by atoms with van der Waals surface area (Å²) in [6, 6.07) is 7.76. The van der Waals surface area contributed by atoms with Crippen LogP contribution in [0.2, 0.25) is 0 Å². The number of nitrogens with one attached hydrogen (secondary N) is 2. The number of fused-ring (bicyclic) bond motifs is 3. The van der Waals surface area contributed by atoms with E-state index in [4.69, 9.17) is 9.97 Å². The van der Waals surface area contributed by atoms with Gasteiger partial charge in [-0.3, -0.25) is 9.97 Å². The third kappa shape index (κ3) is 4.54. The Morgan fingerprint density at radius 3 is 1.68 bits per heavy atom. The number of nitrogens with zero attached hydrogens (tertiary/aromatic N) is 6. The fraction of sp³-hybridized carbons (Fsp3) is 0. The van der Waals surface area contributed by atoms with Crippen LogP contribution in [0.3, 0.4) is 0 Å². The van der Waals surface area contributed by atoms with Crippen LogP contribution < -0.4 is 0 Å². The molecule has 0 aliphatic carbocycles. The smallest absolute Gasteiger partial charge is 0.157 e. The second-order valence-electron chi connectivity index (χ2n) is 8.92. The maximum atomic E-state index is 4.71. The molecule has 0 bridgehead atoms. The molecule has 2 N–H and O–H groups in total. The van der Waals surface area contributed by atoms with Gasteiger partial charge in [-0.05, 0) is 72.9 Å². The topological polar surface area (TPSA) is 109 Å². The van der Waals surface area contributed by atoms with Gasteiger partial charge in [0.15, 0.2) is 11.3 Å². The second-order valence-corrected chi connectivity index (χ2v) is 8.92. The van der Waals surface area contributed by atoms with Gasteiger partial charge in [0.25, 0.3) is 0 Å². The lowest BCUT2D eigenvalue weighted by molar-refractivity contribution is 1.22. The molecule has 0 fully saturated rings. The lowest BCUT2D eigenvalue weighted by Crippen LogP contribution is -1.92. The summed E-state index contributed by atoms with van der Waals surface area (Å²) in [6.07, 6.45) is 18.1. The van der Waals surface area contributed by atoms with Crippen molar-refractivity contribution in [3.8, 4) is 11.1 Å². The summed E-state index contributed by atoms with van der Waals surface area (Å²) < 4.78 is 0. The molecule has 0 unspecified atom stereocenters. The molecule has 2 aliphatic rings. The average Bonchev–Trinajstić information content (AvgIpc) is 3.66. The molecule has 8 heteroatoms. The molecule has 6 rings (SSSR count). The fourth-order valence-corrected chi connectivity index (χ4v) is 4.36. The second kappa shape index (κ2) is 10.2. The van der Waals surface area contributed by atoms with Crippen molar-refractivity contribution in [3.05, 3.63) is 109 Å². The zero-order valence-corrected chi connectivity index (χ0v) is 21.6. The average molecular weight is 521 g/mol. The van der Waals surface area contributed by atoms with E-state index in [2.05, 4.69) is 56.2 Å². The summed E-state index contributed by atoms with van der Waals surface area (Å²) >= 11 is 0. The van der Waals surface area contributed by atoms with E-state index in [-0.39, 0.29) is 0 Å². The van der Waals surface area contributed by atoms with Gasteiger partial charge in [-0.25, -0.2) is 19.9 Å². The molecule has 0 spiro atoms. The Morgan fingerprint density at radius 1 is 0.550 bits per heavy atom. The minimum atomic E-state index is 0.688. The Morgan fingerprint density at radius 2 is 1.10 bits per heavy atom. The first-order valence-electron chi connectivity index (χ1n) is 12.5. The Balaban J connectivity index is 1.31. The number of aromatic nitrogens is 8. The molecular formula is C32H24N8. The fourth-order valence-electron chi connectivity index (χ4n) is 4.36. The molecule has 0 radical (unpaired) electrons. The summed E-state index contributed by atoms with van der Waals surface area (Å²) in [7, 11) is 0. The molecule has 0 atom stereocenters. The minimum absolute atomic E-state index is 0.688. The van der Waals surface area contributed by atoms with Crippen molar-refractivity contribution in [1.82, 2.24) is 39.9 Å². The Hall–Kier alpha value is -5.76. The van der Waals surface area contributed by atoms with Gasteiger partial charge in [0.2, 0.25) is 0 Å². The van der Waals surface area contributed by atoms with Gasteiger partial charge >= 0.3 is 0 Å². The highest BCUT2D eigenvalue weighted by molar-refractivity contribution is 5.84. The predicted molar refractivity (Wildman–Crippen MR) is 165 cm³/mol. The van der Waals surface area contributed by atoms with Gasteiger partial charge in [-0.1, -0.05) is 26.3 Å². The Labute approximate surface area is 230 Å². The number of H-pyrrole nitrogens is 2. The van der Waals surface area contributed by atoms with Crippen molar-refractivity contribution in [2.45, 2.75) is 0 Å². The normalized spacial score (nSPS) is 11.7. The Bertz CT molecular complexity index is 1990. The molecular weight excluding hydrogens is 496 g/mol.